The minimum Gasteiger partial charge on any atom is -0.469 e. The Bertz CT molecular complexity index is 843. The predicted octanol–water partition coefficient (Wildman–Crippen LogP) is 0.854. The normalized spacial score (nSPS) is 11.6. The number of amides is 2. The van der Waals surface area contributed by atoms with Crippen molar-refractivity contribution in [2.45, 2.75) is 32.2 Å². The average molecular weight is 373 g/mol. The maximum atomic E-state index is 12.5. The van der Waals surface area contributed by atoms with Crippen LogP contribution < -0.4 is 10.6 Å². The molecule has 8 nitrogen and oxygen atoms in total. The molecule has 1 atom stereocenters. The Labute approximate surface area is 156 Å². The van der Waals surface area contributed by atoms with E-state index in [2.05, 4.69) is 20.4 Å². The number of ether oxygens (including phenoxy) is 1. The molecule has 27 heavy (non-hydrogen) atoms. The highest BCUT2D eigenvalue weighted by atomic mass is 16.5. The summed E-state index contributed by atoms with van der Waals surface area (Å²) in [6.07, 6.45) is 2.04. The monoisotopic (exact) mass is 373 g/mol. The van der Waals surface area contributed by atoms with Crippen LogP contribution in [0.1, 0.15) is 25.3 Å². The second-order valence-corrected chi connectivity index (χ2v) is 6.15. The van der Waals surface area contributed by atoms with E-state index in [0.29, 0.717) is 0 Å². The fraction of sp³-hybridized carbons (Fsp3) is 0.368. The number of carbonyl (C=O) groups is 4. The molecule has 0 fully saturated rings. The second kappa shape index (κ2) is 9.51. The fourth-order valence-corrected chi connectivity index (χ4v) is 2.72. The van der Waals surface area contributed by atoms with E-state index in [4.69, 9.17) is 0 Å². The molecule has 1 aromatic carbocycles. The predicted molar refractivity (Wildman–Crippen MR) is 98.9 cm³/mol. The van der Waals surface area contributed by atoms with Crippen LogP contribution in [0.4, 0.5) is 0 Å². The van der Waals surface area contributed by atoms with Gasteiger partial charge in [0.1, 0.15) is 6.04 Å². The van der Waals surface area contributed by atoms with Crippen molar-refractivity contribution >= 4 is 34.5 Å². The molecule has 0 saturated carbocycles. The standard InChI is InChI=1S/C19H23N3O5/c1-12(23)22-17(9-13-10-20-16-6-4-3-5-15(13)16)19(26)21-11-14(24)7-8-18(25)27-2/h3-6,10,17,20H,7-9,11H2,1-2H3,(H,21,26)(H,22,23)/t17-/m1/s1. The van der Waals surface area contributed by atoms with Gasteiger partial charge in [0.05, 0.1) is 20.1 Å². The number of aromatic amines is 1. The maximum absolute atomic E-state index is 12.5. The Balaban J connectivity index is 1.98. The number of aromatic nitrogens is 1. The SMILES string of the molecule is COC(=O)CCC(=O)CNC(=O)[C@@H](Cc1c[nH]c2ccccc12)NC(C)=O. The number of nitrogens with one attached hydrogen (secondary N) is 3. The summed E-state index contributed by atoms with van der Waals surface area (Å²) in [6, 6.07) is 6.84. The van der Waals surface area contributed by atoms with E-state index in [1.54, 1.807) is 6.20 Å². The molecule has 2 rings (SSSR count). The first kappa shape index (κ1) is 20.2. The molecular formula is C19H23N3O5. The molecule has 0 aliphatic carbocycles. The van der Waals surface area contributed by atoms with E-state index in [1.807, 2.05) is 24.3 Å². The highest BCUT2D eigenvalue weighted by Gasteiger charge is 2.22. The zero-order valence-corrected chi connectivity index (χ0v) is 15.3. The molecule has 0 aliphatic rings. The molecular weight excluding hydrogens is 350 g/mol. The summed E-state index contributed by atoms with van der Waals surface area (Å²) in [4.78, 5) is 49.9. The van der Waals surface area contributed by atoms with Gasteiger partial charge >= 0.3 is 5.97 Å². The number of rotatable bonds is 9. The largest absolute Gasteiger partial charge is 0.469 e. The number of Topliss-reactive ketones (excluding diaryl/α,β-unsaturated/α-hetero) is 1. The van der Waals surface area contributed by atoms with Crippen LogP contribution in [0.5, 0.6) is 0 Å². The molecule has 0 saturated heterocycles. The minimum absolute atomic E-state index is 0.0137. The lowest BCUT2D eigenvalue weighted by atomic mass is 10.0. The molecule has 8 heteroatoms. The van der Waals surface area contributed by atoms with Crippen LogP contribution in [-0.4, -0.2) is 48.2 Å². The number of hydrogen-bond acceptors (Lipinski definition) is 5. The lowest BCUT2D eigenvalue weighted by Crippen LogP contribution is -2.48. The van der Waals surface area contributed by atoms with E-state index in [9.17, 15) is 19.2 Å². The number of carbonyl (C=O) groups excluding carboxylic acids is 4. The minimum atomic E-state index is -0.810. The molecule has 3 N–H and O–H groups in total. The molecule has 0 spiro atoms. The molecule has 1 aromatic heterocycles. The van der Waals surface area contributed by atoms with Crippen LogP contribution in [0, 0.1) is 0 Å². The Morgan fingerprint density at radius 1 is 1.15 bits per heavy atom. The van der Waals surface area contributed by atoms with E-state index < -0.39 is 17.9 Å². The summed E-state index contributed by atoms with van der Waals surface area (Å²) in [5.74, 6) is -1.57. The van der Waals surface area contributed by atoms with Gasteiger partial charge in [-0.25, -0.2) is 0 Å². The Kier molecular flexibility index (Phi) is 7.10. The van der Waals surface area contributed by atoms with Crippen molar-refractivity contribution in [2.75, 3.05) is 13.7 Å². The van der Waals surface area contributed by atoms with Crippen molar-refractivity contribution in [1.29, 1.82) is 0 Å². The Morgan fingerprint density at radius 2 is 1.89 bits per heavy atom. The van der Waals surface area contributed by atoms with Crippen LogP contribution in [0.3, 0.4) is 0 Å². The molecule has 0 radical (unpaired) electrons. The van der Waals surface area contributed by atoms with Gasteiger partial charge in [0, 0.05) is 36.9 Å². The molecule has 0 bridgehead atoms. The molecule has 0 unspecified atom stereocenters. The maximum Gasteiger partial charge on any atom is 0.305 e. The van der Waals surface area contributed by atoms with Crippen molar-refractivity contribution in [3.8, 4) is 0 Å². The van der Waals surface area contributed by atoms with Gasteiger partial charge in [-0.3, -0.25) is 19.2 Å². The second-order valence-electron chi connectivity index (χ2n) is 6.15. The van der Waals surface area contributed by atoms with Crippen molar-refractivity contribution in [3.63, 3.8) is 0 Å². The number of fused-ring (bicyclic) bond motifs is 1. The van der Waals surface area contributed by atoms with Gasteiger partial charge in [-0.2, -0.15) is 0 Å². The van der Waals surface area contributed by atoms with Gasteiger partial charge in [-0.05, 0) is 11.6 Å². The zero-order chi connectivity index (χ0) is 19.8. The van der Waals surface area contributed by atoms with Gasteiger partial charge < -0.3 is 20.4 Å². The lowest BCUT2D eigenvalue weighted by Gasteiger charge is -2.17. The summed E-state index contributed by atoms with van der Waals surface area (Å²) in [6.45, 7) is 1.12. The number of hydrogen-bond donors (Lipinski definition) is 3. The quantitative estimate of drug-likeness (QED) is 0.564. The van der Waals surface area contributed by atoms with Crippen LogP contribution in [0.2, 0.25) is 0 Å². The fourth-order valence-electron chi connectivity index (χ4n) is 2.72. The van der Waals surface area contributed by atoms with Crippen molar-refractivity contribution in [2.24, 2.45) is 0 Å². The summed E-state index contributed by atoms with van der Waals surface area (Å²) in [5, 5.41) is 6.11. The lowest BCUT2D eigenvalue weighted by molar-refractivity contribution is -0.141. The number of benzene rings is 1. The molecule has 2 aromatic rings. The zero-order valence-electron chi connectivity index (χ0n) is 15.3. The van der Waals surface area contributed by atoms with Crippen molar-refractivity contribution in [3.05, 3.63) is 36.0 Å². The van der Waals surface area contributed by atoms with Gasteiger partial charge in [-0.1, -0.05) is 18.2 Å². The third kappa shape index (κ3) is 5.95. The molecule has 0 aliphatic heterocycles. The highest BCUT2D eigenvalue weighted by Crippen LogP contribution is 2.19. The first-order chi connectivity index (χ1) is 12.9. The smallest absolute Gasteiger partial charge is 0.305 e. The number of ketones is 1. The van der Waals surface area contributed by atoms with Crippen molar-refractivity contribution < 1.29 is 23.9 Å². The van der Waals surface area contributed by atoms with E-state index >= 15 is 0 Å². The summed E-state index contributed by atoms with van der Waals surface area (Å²) < 4.78 is 4.47. The van der Waals surface area contributed by atoms with Crippen LogP contribution in [-0.2, 0) is 30.3 Å². The topological polar surface area (TPSA) is 117 Å². The van der Waals surface area contributed by atoms with E-state index in [1.165, 1.54) is 14.0 Å². The Morgan fingerprint density at radius 3 is 2.59 bits per heavy atom. The summed E-state index contributed by atoms with van der Waals surface area (Å²) in [7, 11) is 1.25. The third-order valence-electron chi connectivity index (χ3n) is 4.09. The van der Waals surface area contributed by atoms with Crippen LogP contribution in [0.25, 0.3) is 10.9 Å². The first-order valence-corrected chi connectivity index (χ1v) is 8.59. The van der Waals surface area contributed by atoms with Gasteiger partial charge in [0.2, 0.25) is 11.8 Å². The molecule has 144 valence electrons. The average Bonchev–Trinajstić information content (AvgIpc) is 3.06. The van der Waals surface area contributed by atoms with Gasteiger partial charge in [-0.15, -0.1) is 0 Å². The number of methoxy groups -OCH3 is 1. The molecule has 2 amide bonds. The van der Waals surface area contributed by atoms with E-state index in [0.717, 1.165) is 16.5 Å². The summed E-state index contributed by atoms with van der Waals surface area (Å²) >= 11 is 0. The first-order valence-electron chi connectivity index (χ1n) is 8.59. The van der Waals surface area contributed by atoms with Gasteiger partial charge in [0.25, 0.3) is 0 Å². The summed E-state index contributed by atoms with van der Waals surface area (Å²) in [5.41, 5.74) is 1.82. The van der Waals surface area contributed by atoms with Crippen LogP contribution in [0.15, 0.2) is 30.5 Å². The third-order valence-corrected chi connectivity index (χ3v) is 4.09. The van der Waals surface area contributed by atoms with Crippen LogP contribution >= 0.6 is 0 Å². The van der Waals surface area contributed by atoms with E-state index in [-0.39, 0.29) is 37.5 Å². The van der Waals surface area contributed by atoms with Crippen molar-refractivity contribution in [1.82, 2.24) is 15.6 Å². The molecule has 1 heterocycles. The van der Waals surface area contributed by atoms with Gasteiger partial charge in [0.15, 0.2) is 5.78 Å². The number of H-pyrrole nitrogens is 1. The Hall–Kier alpha value is -3.16. The highest BCUT2D eigenvalue weighted by molar-refractivity contribution is 5.92. The number of esters is 1. The number of para-hydroxylation sites is 1.